The highest BCUT2D eigenvalue weighted by Gasteiger charge is 2.62. The predicted molar refractivity (Wildman–Crippen MR) is 105 cm³/mol. The minimum atomic E-state index is -0.531. The largest absolute Gasteiger partial charge is 0.300 e. The first-order valence-corrected chi connectivity index (χ1v) is 10.7. The first-order valence-electron chi connectivity index (χ1n) is 10.7. The average molecular weight is 368 g/mol. The molecule has 146 valence electrons. The van der Waals surface area contributed by atoms with Crippen molar-refractivity contribution >= 4 is 11.6 Å². The van der Waals surface area contributed by atoms with Gasteiger partial charge in [-0.15, -0.1) is 0 Å². The van der Waals surface area contributed by atoms with Gasteiger partial charge in [0.05, 0.1) is 6.07 Å². The van der Waals surface area contributed by atoms with E-state index in [4.69, 9.17) is 0 Å². The molecule has 27 heavy (non-hydrogen) atoms. The number of carbonyl (C=O) groups excluding carboxylic acids is 2. The van der Waals surface area contributed by atoms with Crippen LogP contribution in [-0.4, -0.2) is 11.6 Å². The Morgan fingerprint density at radius 3 is 2.48 bits per heavy atom. The minimum Gasteiger partial charge on any atom is -0.300 e. The van der Waals surface area contributed by atoms with Crippen molar-refractivity contribution in [1.82, 2.24) is 0 Å². The van der Waals surface area contributed by atoms with Crippen LogP contribution < -0.4 is 0 Å². The Labute approximate surface area is 163 Å². The number of fused-ring (bicyclic) bond motifs is 5. The van der Waals surface area contributed by atoms with E-state index in [1.165, 1.54) is 5.57 Å². The van der Waals surface area contributed by atoms with Crippen LogP contribution in [-0.2, 0) is 9.59 Å². The van der Waals surface area contributed by atoms with Gasteiger partial charge in [-0.25, -0.2) is 0 Å². The number of hydrogen-bond donors (Lipinski definition) is 0. The van der Waals surface area contributed by atoms with Crippen LogP contribution in [0.15, 0.2) is 11.6 Å². The van der Waals surface area contributed by atoms with Crippen molar-refractivity contribution in [2.24, 2.45) is 45.8 Å². The molecule has 4 aliphatic rings. The van der Waals surface area contributed by atoms with Gasteiger partial charge in [-0.2, -0.15) is 5.26 Å². The van der Waals surface area contributed by atoms with Crippen molar-refractivity contribution in [3.05, 3.63) is 11.6 Å². The number of nitrogens with zero attached hydrogens (tertiary/aromatic N) is 1. The summed E-state index contributed by atoms with van der Waals surface area (Å²) in [5, 5.41) is 9.65. The Kier molecular flexibility index (Phi) is 4.05. The lowest BCUT2D eigenvalue weighted by Gasteiger charge is -2.60. The molecule has 0 N–H and O–H groups in total. The SMILES string of the molecule is CC(=O)[C@H]1CC[C@H]2[C@@H]3CC=C4C(C)(C)C(=O)[C@H](C#N)C[C@]4(C)[C@H]3CC[C@]12C. The van der Waals surface area contributed by atoms with Crippen molar-refractivity contribution < 1.29 is 9.59 Å². The van der Waals surface area contributed by atoms with Crippen LogP contribution in [0.2, 0.25) is 0 Å². The molecule has 0 saturated heterocycles. The van der Waals surface area contributed by atoms with Gasteiger partial charge in [0.1, 0.15) is 11.7 Å². The fourth-order valence-electron chi connectivity index (χ4n) is 8.18. The Morgan fingerprint density at radius 1 is 1.15 bits per heavy atom. The molecule has 0 radical (unpaired) electrons. The van der Waals surface area contributed by atoms with Gasteiger partial charge in [-0.1, -0.05) is 25.5 Å². The summed E-state index contributed by atoms with van der Waals surface area (Å²) in [6.07, 6.45) is 8.50. The Hall–Kier alpha value is -1.43. The van der Waals surface area contributed by atoms with E-state index in [1.54, 1.807) is 6.92 Å². The zero-order valence-corrected chi connectivity index (χ0v) is 17.5. The van der Waals surface area contributed by atoms with Crippen molar-refractivity contribution in [2.75, 3.05) is 0 Å². The molecule has 0 bridgehead atoms. The molecule has 0 aromatic rings. The molecular formula is C24H33NO2. The van der Waals surface area contributed by atoms with Gasteiger partial charge in [0.25, 0.3) is 0 Å². The number of nitriles is 1. The molecule has 0 aromatic carbocycles. The molecule has 4 aliphatic carbocycles. The number of hydrogen-bond acceptors (Lipinski definition) is 3. The summed E-state index contributed by atoms with van der Waals surface area (Å²) in [4.78, 5) is 25.2. The third-order valence-electron chi connectivity index (χ3n) is 9.35. The zero-order chi connectivity index (χ0) is 19.8. The van der Waals surface area contributed by atoms with E-state index < -0.39 is 11.3 Å². The topological polar surface area (TPSA) is 57.9 Å². The maximum Gasteiger partial charge on any atom is 0.159 e. The fraction of sp³-hybridized carbons (Fsp3) is 0.792. The summed E-state index contributed by atoms with van der Waals surface area (Å²) in [7, 11) is 0. The molecule has 4 rings (SSSR count). The highest BCUT2D eigenvalue weighted by molar-refractivity contribution is 5.93. The van der Waals surface area contributed by atoms with Crippen LogP contribution in [0, 0.1) is 57.2 Å². The summed E-state index contributed by atoms with van der Waals surface area (Å²) in [6, 6.07) is 2.32. The van der Waals surface area contributed by atoms with Gasteiger partial charge in [-0.3, -0.25) is 9.59 Å². The molecule has 3 heteroatoms. The third kappa shape index (κ3) is 2.31. The summed E-state index contributed by atoms with van der Waals surface area (Å²) in [5.41, 5.74) is 0.841. The Morgan fingerprint density at radius 2 is 1.85 bits per heavy atom. The van der Waals surface area contributed by atoms with Crippen LogP contribution >= 0.6 is 0 Å². The lowest BCUT2D eigenvalue weighted by Crippen LogP contribution is -2.55. The molecule has 3 nitrogen and oxygen atoms in total. The van der Waals surface area contributed by atoms with Crippen LogP contribution in [0.3, 0.4) is 0 Å². The van der Waals surface area contributed by atoms with Gasteiger partial charge in [0.2, 0.25) is 0 Å². The standard InChI is InChI=1S/C24H33NO2/c1-14(26)17-7-8-18-16-6-9-20-22(2,3)21(27)15(13-25)12-24(20,5)19(16)10-11-23(17,18)4/h9,15-19H,6-8,10-12H2,1-5H3/t15-,16-,17+,18-,19-,23+,24+/m0/s1. The monoisotopic (exact) mass is 367 g/mol. The Balaban J connectivity index is 1.75. The second-order valence-corrected chi connectivity index (χ2v) is 10.8. The van der Waals surface area contributed by atoms with Gasteiger partial charge in [0.15, 0.2) is 5.78 Å². The van der Waals surface area contributed by atoms with Crippen molar-refractivity contribution in [2.45, 2.75) is 73.1 Å². The second kappa shape index (κ2) is 5.79. The summed E-state index contributed by atoms with van der Waals surface area (Å²) in [6.45, 7) is 10.5. The molecule has 7 atom stereocenters. The van der Waals surface area contributed by atoms with E-state index in [2.05, 4.69) is 26.0 Å². The molecule has 0 aromatic heterocycles. The smallest absolute Gasteiger partial charge is 0.159 e. The highest BCUT2D eigenvalue weighted by Crippen LogP contribution is 2.68. The molecule has 0 heterocycles. The molecule has 0 unspecified atom stereocenters. The van der Waals surface area contributed by atoms with E-state index >= 15 is 0 Å². The van der Waals surface area contributed by atoms with Gasteiger partial charge >= 0.3 is 0 Å². The summed E-state index contributed by atoms with van der Waals surface area (Å²) < 4.78 is 0. The zero-order valence-electron chi connectivity index (χ0n) is 17.5. The number of Topliss-reactive ketones (excluding diaryl/α,β-unsaturated/α-hetero) is 2. The van der Waals surface area contributed by atoms with E-state index in [0.29, 0.717) is 30.0 Å². The highest BCUT2D eigenvalue weighted by atomic mass is 16.1. The van der Waals surface area contributed by atoms with Crippen LogP contribution in [0.5, 0.6) is 0 Å². The van der Waals surface area contributed by atoms with E-state index in [9.17, 15) is 14.9 Å². The third-order valence-corrected chi connectivity index (χ3v) is 9.35. The molecule has 3 fully saturated rings. The Bertz CT molecular complexity index is 772. The molecule has 3 saturated carbocycles. The van der Waals surface area contributed by atoms with E-state index in [-0.39, 0.29) is 22.5 Å². The van der Waals surface area contributed by atoms with E-state index in [0.717, 1.165) is 32.1 Å². The normalized spacial score (nSPS) is 47.9. The lowest BCUT2D eigenvalue weighted by atomic mass is 9.43. The first kappa shape index (κ1) is 18.9. The molecule has 0 amide bonds. The predicted octanol–water partition coefficient (Wildman–Crippen LogP) is 5.11. The van der Waals surface area contributed by atoms with Crippen LogP contribution in [0.4, 0.5) is 0 Å². The summed E-state index contributed by atoms with van der Waals surface area (Å²) in [5.74, 6) is 1.92. The van der Waals surface area contributed by atoms with Crippen LogP contribution in [0.1, 0.15) is 73.1 Å². The second-order valence-electron chi connectivity index (χ2n) is 10.8. The quantitative estimate of drug-likeness (QED) is 0.605. The number of allylic oxidation sites excluding steroid dienone is 2. The average Bonchev–Trinajstić information content (AvgIpc) is 2.95. The van der Waals surface area contributed by atoms with Gasteiger partial charge in [0, 0.05) is 11.3 Å². The fourth-order valence-corrected chi connectivity index (χ4v) is 8.18. The minimum absolute atomic E-state index is 0.0592. The maximum atomic E-state index is 12.9. The summed E-state index contributed by atoms with van der Waals surface area (Å²) >= 11 is 0. The molecular weight excluding hydrogens is 334 g/mol. The lowest BCUT2D eigenvalue weighted by molar-refractivity contribution is -0.137. The number of carbonyl (C=O) groups is 2. The van der Waals surface area contributed by atoms with E-state index in [1.807, 2.05) is 13.8 Å². The van der Waals surface area contributed by atoms with Crippen molar-refractivity contribution in [3.8, 4) is 6.07 Å². The first-order chi connectivity index (χ1) is 12.6. The van der Waals surface area contributed by atoms with Gasteiger partial charge in [-0.05, 0) is 87.9 Å². The molecule has 0 spiro atoms. The molecule has 0 aliphatic heterocycles. The maximum absolute atomic E-state index is 12.9. The van der Waals surface area contributed by atoms with Gasteiger partial charge < -0.3 is 0 Å². The van der Waals surface area contributed by atoms with Crippen molar-refractivity contribution in [1.29, 1.82) is 5.26 Å². The number of ketones is 2. The number of rotatable bonds is 1. The van der Waals surface area contributed by atoms with Crippen molar-refractivity contribution in [3.63, 3.8) is 0 Å². The van der Waals surface area contributed by atoms with Crippen LogP contribution in [0.25, 0.3) is 0 Å².